The average molecular weight is 297 g/mol. The van der Waals surface area contributed by atoms with Gasteiger partial charge in [0.25, 0.3) is 0 Å². The lowest BCUT2D eigenvalue weighted by atomic mass is 9.79. The number of hydrogen-bond donors (Lipinski definition) is 2. The van der Waals surface area contributed by atoms with E-state index in [0.717, 1.165) is 25.7 Å². The molecule has 0 unspecified atom stereocenters. The van der Waals surface area contributed by atoms with Crippen LogP contribution >= 0.6 is 0 Å². The van der Waals surface area contributed by atoms with E-state index in [-0.39, 0.29) is 17.1 Å². The Morgan fingerprint density at radius 1 is 1.19 bits per heavy atom. The Morgan fingerprint density at radius 3 is 2.19 bits per heavy atom. The van der Waals surface area contributed by atoms with Crippen molar-refractivity contribution >= 4 is 11.8 Å². The van der Waals surface area contributed by atoms with Crippen LogP contribution in [0.3, 0.4) is 0 Å². The summed E-state index contributed by atoms with van der Waals surface area (Å²) in [7, 11) is 1.69. The number of piperidine rings is 1. The fourth-order valence-corrected chi connectivity index (χ4v) is 3.34. The van der Waals surface area contributed by atoms with E-state index < -0.39 is 11.8 Å². The molecule has 2 N–H and O–H groups in total. The number of carbonyl (C=O) groups excluding carboxylic acids is 2. The minimum absolute atomic E-state index is 0.0345. The molecule has 0 aromatic rings. The van der Waals surface area contributed by atoms with Gasteiger partial charge in [0.05, 0.1) is 0 Å². The van der Waals surface area contributed by atoms with Gasteiger partial charge in [0.1, 0.15) is 0 Å². The number of amides is 2. The van der Waals surface area contributed by atoms with Crippen molar-refractivity contribution < 1.29 is 9.59 Å². The highest BCUT2D eigenvalue weighted by atomic mass is 16.2. The largest absolute Gasteiger partial charge is 0.345 e. The van der Waals surface area contributed by atoms with Crippen molar-refractivity contribution in [2.75, 3.05) is 13.6 Å². The van der Waals surface area contributed by atoms with Crippen LogP contribution in [-0.4, -0.2) is 47.4 Å². The maximum Gasteiger partial charge on any atom is 0.311 e. The van der Waals surface area contributed by atoms with Gasteiger partial charge in [-0.25, -0.2) is 0 Å². The second kappa shape index (κ2) is 6.77. The maximum absolute atomic E-state index is 12.1. The van der Waals surface area contributed by atoms with Gasteiger partial charge < -0.3 is 15.5 Å². The summed E-state index contributed by atoms with van der Waals surface area (Å²) >= 11 is 0. The molecule has 0 saturated carbocycles. The number of nitrogens with one attached hydrogen (secondary N) is 2. The second-order valence-corrected chi connectivity index (χ2v) is 7.55. The number of rotatable bonds is 4. The fraction of sp³-hybridized carbons (Fsp3) is 0.875. The van der Waals surface area contributed by atoms with Crippen LogP contribution in [0.5, 0.6) is 0 Å². The predicted molar refractivity (Wildman–Crippen MR) is 85.0 cm³/mol. The van der Waals surface area contributed by atoms with Crippen molar-refractivity contribution in [1.82, 2.24) is 15.5 Å². The number of hydrogen-bond acceptors (Lipinski definition) is 3. The van der Waals surface area contributed by atoms with Gasteiger partial charge in [-0.05, 0) is 47.0 Å². The van der Waals surface area contributed by atoms with Crippen molar-refractivity contribution in [2.45, 2.75) is 77.4 Å². The quantitative estimate of drug-likeness (QED) is 0.776. The third-order valence-corrected chi connectivity index (χ3v) is 3.91. The average Bonchev–Trinajstić information content (AvgIpc) is 2.30. The normalized spacial score (nSPS) is 20.9. The van der Waals surface area contributed by atoms with E-state index in [1.54, 1.807) is 7.05 Å². The van der Waals surface area contributed by atoms with E-state index in [2.05, 4.69) is 45.3 Å². The lowest BCUT2D eigenvalue weighted by Gasteiger charge is -2.46. The number of nitrogens with zero attached hydrogens (tertiary/aromatic N) is 1. The van der Waals surface area contributed by atoms with Crippen molar-refractivity contribution in [3.05, 3.63) is 0 Å². The zero-order chi connectivity index (χ0) is 16.3. The van der Waals surface area contributed by atoms with E-state index in [0.29, 0.717) is 6.54 Å². The molecule has 1 aliphatic heterocycles. The van der Waals surface area contributed by atoms with Crippen LogP contribution < -0.4 is 10.6 Å². The molecule has 1 rings (SSSR count). The van der Waals surface area contributed by atoms with Gasteiger partial charge in [-0.3, -0.25) is 9.59 Å². The molecule has 5 nitrogen and oxygen atoms in total. The third kappa shape index (κ3) is 5.65. The first-order valence-corrected chi connectivity index (χ1v) is 7.91. The highest BCUT2D eigenvalue weighted by molar-refractivity contribution is 6.35. The lowest BCUT2D eigenvalue weighted by molar-refractivity contribution is -0.145. The predicted octanol–water partition coefficient (Wildman–Crippen LogP) is 1.67. The van der Waals surface area contributed by atoms with Crippen LogP contribution in [0.15, 0.2) is 0 Å². The van der Waals surface area contributed by atoms with Gasteiger partial charge in [-0.15, -0.1) is 0 Å². The molecule has 1 saturated heterocycles. The van der Waals surface area contributed by atoms with Crippen LogP contribution in [0.2, 0.25) is 0 Å². The first kappa shape index (κ1) is 18.0. The molecule has 0 bridgehead atoms. The third-order valence-electron chi connectivity index (χ3n) is 3.91. The molecule has 0 radical (unpaired) electrons. The summed E-state index contributed by atoms with van der Waals surface area (Å²) in [6.45, 7) is 11.2. The van der Waals surface area contributed by atoms with Gasteiger partial charge in [0, 0.05) is 30.7 Å². The van der Waals surface area contributed by atoms with Gasteiger partial charge in [0.2, 0.25) is 0 Å². The Labute approximate surface area is 128 Å². The molecule has 21 heavy (non-hydrogen) atoms. The van der Waals surface area contributed by atoms with Crippen molar-refractivity contribution in [3.63, 3.8) is 0 Å². The maximum atomic E-state index is 12.1. The summed E-state index contributed by atoms with van der Waals surface area (Å²) in [5, 5.41) is 6.49. The van der Waals surface area contributed by atoms with E-state index >= 15 is 0 Å². The van der Waals surface area contributed by atoms with Crippen LogP contribution in [0.1, 0.15) is 60.3 Å². The monoisotopic (exact) mass is 297 g/mol. The Bertz CT molecular complexity index is 375. The smallest absolute Gasteiger partial charge is 0.311 e. The molecule has 1 aliphatic rings. The van der Waals surface area contributed by atoms with Crippen LogP contribution in [0.25, 0.3) is 0 Å². The summed E-state index contributed by atoms with van der Waals surface area (Å²) in [6, 6.07) is 0.0345. The Morgan fingerprint density at radius 2 is 1.71 bits per heavy atom. The molecule has 0 aliphatic carbocycles. The molecule has 1 fully saturated rings. The Hall–Kier alpha value is -1.10. The molecule has 1 heterocycles. The lowest BCUT2D eigenvalue weighted by Crippen LogP contribution is -2.62. The molecule has 0 aromatic heterocycles. The van der Waals surface area contributed by atoms with Crippen molar-refractivity contribution in [2.24, 2.45) is 0 Å². The van der Waals surface area contributed by atoms with Gasteiger partial charge in [-0.1, -0.05) is 13.3 Å². The summed E-state index contributed by atoms with van der Waals surface area (Å²) in [5.74, 6) is -0.912. The number of likely N-dealkylation sites (N-methyl/N-ethyl adjacent to an activating group) is 1. The van der Waals surface area contributed by atoms with Crippen LogP contribution in [0, 0.1) is 0 Å². The second-order valence-electron chi connectivity index (χ2n) is 7.55. The fourth-order valence-electron chi connectivity index (χ4n) is 3.34. The molecular formula is C16H31N3O2. The van der Waals surface area contributed by atoms with Crippen molar-refractivity contribution in [1.29, 1.82) is 0 Å². The van der Waals surface area contributed by atoms with Crippen LogP contribution in [-0.2, 0) is 9.59 Å². The first-order valence-electron chi connectivity index (χ1n) is 7.91. The Kier molecular flexibility index (Phi) is 5.79. The van der Waals surface area contributed by atoms with E-state index in [1.165, 1.54) is 4.90 Å². The summed E-state index contributed by atoms with van der Waals surface area (Å²) in [4.78, 5) is 25.7. The van der Waals surface area contributed by atoms with Gasteiger partial charge in [0.15, 0.2) is 0 Å². The summed E-state index contributed by atoms with van der Waals surface area (Å²) < 4.78 is 0. The van der Waals surface area contributed by atoms with E-state index in [9.17, 15) is 9.59 Å². The standard InChI is InChI=1S/C16H31N3O2/c1-7-8-9-19(6)14(21)13(20)17-12-10-15(2,3)18-16(4,5)11-12/h12,18H,7-11H2,1-6H3,(H,17,20). The number of unbranched alkanes of at least 4 members (excludes halogenated alkanes) is 1. The molecule has 0 atom stereocenters. The minimum atomic E-state index is -0.480. The molecule has 2 amide bonds. The molecular weight excluding hydrogens is 266 g/mol. The highest BCUT2D eigenvalue weighted by Gasteiger charge is 2.38. The summed E-state index contributed by atoms with van der Waals surface area (Å²) in [6.07, 6.45) is 3.58. The van der Waals surface area contributed by atoms with Crippen LogP contribution in [0.4, 0.5) is 0 Å². The highest BCUT2D eigenvalue weighted by Crippen LogP contribution is 2.28. The first-order chi connectivity index (χ1) is 9.56. The summed E-state index contributed by atoms with van der Waals surface area (Å²) in [5.41, 5.74) is -0.0896. The zero-order valence-electron chi connectivity index (χ0n) is 14.4. The topological polar surface area (TPSA) is 61.4 Å². The van der Waals surface area contributed by atoms with Crippen molar-refractivity contribution in [3.8, 4) is 0 Å². The molecule has 0 aromatic carbocycles. The Balaban J connectivity index is 2.59. The zero-order valence-corrected chi connectivity index (χ0v) is 14.4. The number of carbonyl (C=O) groups is 2. The van der Waals surface area contributed by atoms with Gasteiger partial charge in [-0.2, -0.15) is 0 Å². The molecule has 0 spiro atoms. The minimum Gasteiger partial charge on any atom is -0.345 e. The molecule has 122 valence electrons. The van der Waals surface area contributed by atoms with Gasteiger partial charge >= 0.3 is 11.8 Å². The van der Waals surface area contributed by atoms with E-state index in [4.69, 9.17) is 0 Å². The SMILES string of the molecule is CCCCN(C)C(=O)C(=O)NC1CC(C)(C)NC(C)(C)C1. The molecule has 5 heteroatoms. The van der Waals surface area contributed by atoms with E-state index in [1.807, 2.05) is 0 Å².